The van der Waals surface area contributed by atoms with Gasteiger partial charge in [-0.25, -0.2) is 0 Å². The summed E-state index contributed by atoms with van der Waals surface area (Å²) in [5.74, 6) is 1.80. The molecule has 5 heteroatoms. The summed E-state index contributed by atoms with van der Waals surface area (Å²) in [5, 5.41) is 10.2. The van der Waals surface area contributed by atoms with Crippen LogP contribution in [0.2, 0.25) is 0 Å². The molecule has 0 saturated carbocycles. The normalized spacial score (nSPS) is 10.8. The van der Waals surface area contributed by atoms with Gasteiger partial charge in [-0.2, -0.15) is 0 Å². The van der Waals surface area contributed by atoms with Gasteiger partial charge in [0.05, 0.1) is 0 Å². The highest BCUT2D eigenvalue weighted by atomic mass is 32.1. The van der Waals surface area contributed by atoms with Gasteiger partial charge in [0.1, 0.15) is 5.82 Å². The Hall–Kier alpha value is -1.20. The van der Waals surface area contributed by atoms with E-state index in [1.54, 1.807) is 11.3 Å². The largest absolute Gasteiger partial charge is 0.326 e. The van der Waals surface area contributed by atoms with E-state index < -0.39 is 0 Å². The average Bonchev–Trinajstić information content (AvgIpc) is 2.75. The lowest BCUT2D eigenvalue weighted by Gasteiger charge is -2.01. The summed E-state index contributed by atoms with van der Waals surface area (Å²) < 4.78 is 1.97. The van der Waals surface area contributed by atoms with Crippen molar-refractivity contribution in [3.05, 3.63) is 22.1 Å². The first-order chi connectivity index (χ1) is 6.74. The molecule has 0 spiro atoms. The predicted molar refractivity (Wildman–Crippen MR) is 56.9 cm³/mol. The topological polar surface area (TPSA) is 56.7 Å². The van der Waals surface area contributed by atoms with Crippen LogP contribution in [0, 0.1) is 6.92 Å². The van der Waals surface area contributed by atoms with Crippen LogP contribution >= 0.6 is 11.3 Å². The third kappa shape index (κ3) is 1.34. The van der Waals surface area contributed by atoms with Crippen molar-refractivity contribution >= 4 is 11.3 Å². The van der Waals surface area contributed by atoms with Gasteiger partial charge in [-0.1, -0.05) is 0 Å². The van der Waals surface area contributed by atoms with E-state index in [0.717, 1.165) is 22.1 Å². The average molecular weight is 208 g/mol. The second-order valence-corrected chi connectivity index (χ2v) is 4.09. The molecule has 0 aliphatic heterocycles. The van der Waals surface area contributed by atoms with E-state index in [1.165, 1.54) is 0 Å². The van der Waals surface area contributed by atoms with Gasteiger partial charge in [0.15, 0.2) is 5.82 Å². The Labute approximate surface area is 86.4 Å². The molecule has 0 saturated heterocycles. The minimum Gasteiger partial charge on any atom is -0.326 e. The van der Waals surface area contributed by atoms with Crippen LogP contribution in [0.5, 0.6) is 0 Å². The fourth-order valence-electron chi connectivity index (χ4n) is 1.34. The third-order valence-corrected chi connectivity index (χ3v) is 3.21. The molecule has 4 nitrogen and oxygen atoms in total. The van der Waals surface area contributed by atoms with Crippen molar-refractivity contribution in [3.8, 4) is 11.4 Å². The van der Waals surface area contributed by atoms with Crippen LogP contribution in [-0.2, 0) is 13.6 Å². The molecule has 2 N–H and O–H groups in total. The Morgan fingerprint density at radius 3 is 2.86 bits per heavy atom. The van der Waals surface area contributed by atoms with Crippen LogP contribution in [0.15, 0.2) is 11.4 Å². The highest BCUT2D eigenvalue weighted by Gasteiger charge is 2.11. The van der Waals surface area contributed by atoms with Crippen LogP contribution < -0.4 is 5.73 Å². The van der Waals surface area contributed by atoms with Crippen LogP contribution in [0.1, 0.15) is 10.7 Å². The minimum atomic E-state index is 0.554. The highest BCUT2D eigenvalue weighted by molar-refractivity contribution is 7.10. The quantitative estimate of drug-likeness (QED) is 0.809. The predicted octanol–water partition coefficient (Wildman–Crippen LogP) is 1.31. The molecule has 0 unspecified atom stereocenters. The number of aryl methyl sites for hydroxylation is 1. The third-order valence-electron chi connectivity index (χ3n) is 2.26. The molecule has 0 aliphatic rings. The number of nitrogens with two attached hydrogens (primary N) is 1. The van der Waals surface area contributed by atoms with Gasteiger partial charge in [-0.3, -0.25) is 0 Å². The minimum absolute atomic E-state index is 0.554. The summed E-state index contributed by atoms with van der Waals surface area (Å²) in [6.45, 7) is 2.49. The lowest BCUT2D eigenvalue weighted by Crippen LogP contribution is -1.99. The van der Waals surface area contributed by atoms with Gasteiger partial charge >= 0.3 is 0 Å². The maximum Gasteiger partial charge on any atom is 0.164 e. The lowest BCUT2D eigenvalue weighted by molar-refractivity contribution is 0.864. The van der Waals surface area contributed by atoms with E-state index >= 15 is 0 Å². The van der Waals surface area contributed by atoms with Crippen molar-refractivity contribution in [2.45, 2.75) is 13.5 Å². The number of hydrogen-bond donors (Lipinski definition) is 1. The van der Waals surface area contributed by atoms with E-state index in [1.807, 2.05) is 30.0 Å². The molecule has 0 bridgehead atoms. The van der Waals surface area contributed by atoms with Gasteiger partial charge in [0, 0.05) is 24.0 Å². The van der Waals surface area contributed by atoms with Crippen molar-refractivity contribution in [1.82, 2.24) is 14.8 Å². The molecule has 0 fully saturated rings. The Bertz CT molecular complexity index is 443. The van der Waals surface area contributed by atoms with Gasteiger partial charge in [-0.05, 0) is 18.4 Å². The molecule has 14 heavy (non-hydrogen) atoms. The zero-order valence-corrected chi connectivity index (χ0v) is 9.01. The zero-order chi connectivity index (χ0) is 10.1. The second-order valence-electron chi connectivity index (χ2n) is 3.09. The number of thiophene rings is 1. The van der Waals surface area contributed by atoms with Crippen LogP contribution in [-0.4, -0.2) is 14.8 Å². The second kappa shape index (κ2) is 3.51. The first kappa shape index (κ1) is 9.36. The van der Waals surface area contributed by atoms with Crippen molar-refractivity contribution < 1.29 is 0 Å². The van der Waals surface area contributed by atoms with E-state index in [0.29, 0.717) is 6.54 Å². The van der Waals surface area contributed by atoms with Gasteiger partial charge < -0.3 is 10.3 Å². The summed E-state index contributed by atoms with van der Waals surface area (Å²) in [6.07, 6.45) is 0. The lowest BCUT2D eigenvalue weighted by atomic mass is 10.2. The summed E-state index contributed by atoms with van der Waals surface area (Å²) in [7, 11) is 1.96. The number of nitrogens with zero attached hydrogens (tertiary/aromatic N) is 3. The molecule has 0 aliphatic carbocycles. The molecule has 0 aromatic carbocycles. The maximum absolute atomic E-state index is 5.64. The van der Waals surface area contributed by atoms with E-state index in [-0.39, 0.29) is 0 Å². The summed E-state index contributed by atoms with van der Waals surface area (Å²) >= 11 is 1.66. The molecule has 0 amide bonds. The molecule has 0 radical (unpaired) electrons. The monoisotopic (exact) mass is 208 g/mol. The first-order valence-electron chi connectivity index (χ1n) is 4.37. The molecule has 2 aromatic heterocycles. The summed E-state index contributed by atoms with van der Waals surface area (Å²) in [4.78, 5) is 1.15. The summed E-state index contributed by atoms with van der Waals surface area (Å²) in [5.41, 5.74) is 6.74. The van der Waals surface area contributed by atoms with Gasteiger partial charge in [0.2, 0.25) is 0 Å². The standard InChI is InChI=1S/C9H12N4S/c1-6-11-12-9(13(6)2)7-3-4-14-8(7)5-10/h3-4H,5,10H2,1-2H3. The summed E-state index contributed by atoms with van der Waals surface area (Å²) in [6, 6.07) is 2.04. The highest BCUT2D eigenvalue weighted by Crippen LogP contribution is 2.26. The first-order valence-corrected chi connectivity index (χ1v) is 5.24. The fraction of sp³-hybridized carbons (Fsp3) is 0.333. The maximum atomic E-state index is 5.64. The van der Waals surface area contributed by atoms with Crippen molar-refractivity contribution in [2.75, 3.05) is 0 Å². The fourth-order valence-corrected chi connectivity index (χ4v) is 2.09. The van der Waals surface area contributed by atoms with Crippen molar-refractivity contribution in [2.24, 2.45) is 12.8 Å². The van der Waals surface area contributed by atoms with E-state index in [4.69, 9.17) is 5.73 Å². The van der Waals surface area contributed by atoms with Crippen molar-refractivity contribution in [3.63, 3.8) is 0 Å². The Balaban J connectivity index is 2.54. The Kier molecular flexibility index (Phi) is 2.35. The van der Waals surface area contributed by atoms with E-state index in [9.17, 15) is 0 Å². The van der Waals surface area contributed by atoms with Crippen LogP contribution in [0.4, 0.5) is 0 Å². The van der Waals surface area contributed by atoms with E-state index in [2.05, 4.69) is 10.2 Å². The molecular formula is C9H12N4S. The number of hydrogen-bond acceptors (Lipinski definition) is 4. The Morgan fingerprint density at radius 2 is 2.29 bits per heavy atom. The van der Waals surface area contributed by atoms with Gasteiger partial charge in [0.25, 0.3) is 0 Å². The molecule has 0 atom stereocenters. The SMILES string of the molecule is Cc1nnc(-c2ccsc2CN)n1C. The number of aromatic nitrogens is 3. The molecular weight excluding hydrogens is 196 g/mol. The number of rotatable bonds is 2. The molecule has 2 aromatic rings. The molecule has 74 valence electrons. The van der Waals surface area contributed by atoms with Crippen LogP contribution in [0.25, 0.3) is 11.4 Å². The van der Waals surface area contributed by atoms with Crippen molar-refractivity contribution in [1.29, 1.82) is 0 Å². The Morgan fingerprint density at radius 1 is 1.50 bits per heavy atom. The van der Waals surface area contributed by atoms with Gasteiger partial charge in [-0.15, -0.1) is 21.5 Å². The smallest absolute Gasteiger partial charge is 0.164 e. The molecule has 2 rings (SSSR count). The van der Waals surface area contributed by atoms with Crippen LogP contribution in [0.3, 0.4) is 0 Å². The zero-order valence-electron chi connectivity index (χ0n) is 8.19. The molecule has 2 heterocycles.